The summed E-state index contributed by atoms with van der Waals surface area (Å²) < 4.78 is 5.20. The Hall–Kier alpha value is -1.63. The number of amides is 1. The third-order valence-electron chi connectivity index (χ3n) is 5.60. The Bertz CT molecular complexity index is 524. The van der Waals surface area contributed by atoms with Gasteiger partial charge in [-0.1, -0.05) is 26.2 Å². The van der Waals surface area contributed by atoms with Gasteiger partial charge in [0.25, 0.3) is 0 Å². The zero-order valence-electron chi connectivity index (χ0n) is 16.1. The standard InChI is InChI=1S/C19H32N2O5/c1-4-8-14(18(23)24)20-12(3)17(22)21-15-10-7-6-9-13(15)11-16(21)19(25)26-5-2/h12-16,20H,4-11H2,1-3H3,(H,23,24). The highest BCUT2D eigenvalue weighted by Gasteiger charge is 2.49. The lowest BCUT2D eigenvalue weighted by atomic mass is 9.84. The largest absolute Gasteiger partial charge is 0.480 e. The van der Waals surface area contributed by atoms with Crippen LogP contribution in [-0.2, 0) is 19.1 Å². The summed E-state index contributed by atoms with van der Waals surface area (Å²) in [4.78, 5) is 38.7. The summed E-state index contributed by atoms with van der Waals surface area (Å²) in [5.41, 5.74) is 0. The minimum Gasteiger partial charge on any atom is -0.480 e. The molecule has 2 rings (SSSR count). The van der Waals surface area contributed by atoms with Gasteiger partial charge >= 0.3 is 11.9 Å². The molecule has 1 amide bonds. The Kier molecular flexibility index (Phi) is 7.43. The molecule has 7 heteroatoms. The van der Waals surface area contributed by atoms with E-state index >= 15 is 0 Å². The second kappa shape index (κ2) is 9.35. The average molecular weight is 368 g/mol. The first-order valence-electron chi connectivity index (χ1n) is 9.88. The van der Waals surface area contributed by atoms with Crippen molar-refractivity contribution in [1.29, 1.82) is 0 Å². The molecule has 0 radical (unpaired) electrons. The number of carboxylic acid groups (broad SMARTS) is 1. The zero-order chi connectivity index (χ0) is 19.3. The molecule has 0 spiro atoms. The summed E-state index contributed by atoms with van der Waals surface area (Å²) in [5.74, 6) is -1.16. The third kappa shape index (κ3) is 4.55. The van der Waals surface area contributed by atoms with Gasteiger partial charge in [-0.2, -0.15) is 0 Å². The molecule has 2 aliphatic rings. The highest BCUT2D eigenvalue weighted by molar-refractivity contribution is 5.89. The SMILES string of the molecule is CCCC(NC(C)C(=O)N1C(C(=O)OCC)CC2CCCCC21)C(=O)O. The lowest BCUT2D eigenvalue weighted by molar-refractivity contribution is -0.155. The number of carboxylic acids is 1. The number of likely N-dealkylation sites (tertiary alicyclic amines) is 1. The fraction of sp³-hybridized carbons (Fsp3) is 0.842. The number of hydrogen-bond donors (Lipinski definition) is 2. The molecule has 0 aromatic carbocycles. The number of hydrogen-bond acceptors (Lipinski definition) is 5. The van der Waals surface area contributed by atoms with Crippen molar-refractivity contribution < 1.29 is 24.2 Å². The Morgan fingerprint density at radius 1 is 1.23 bits per heavy atom. The molecule has 0 aromatic rings. The maximum atomic E-state index is 13.1. The van der Waals surface area contributed by atoms with Crippen molar-refractivity contribution in [3.8, 4) is 0 Å². The van der Waals surface area contributed by atoms with Crippen LogP contribution in [0.15, 0.2) is 0 Å². The Morgan fingerprint density at radius 2 is 1.92 bits per heavy atom. The first kappa shape index (κ1) is 20.7. The van der Waals surface area contributed by atoms with Crippen LogP contribution in [0.4, 0.5) is 0 Å². The maximum absolute atomic E-state index is 13.1. The fourth-order valence-electron chi connectivity index (χ4n) is 4.39. The highest BCUT2D eigenvalue weighted by atomic mass is 16.5. The van der Waals surface area contributed by atoms with Gasteiger partial charge < -0.3 is 14.7 Å². The van der Waals surface area contributed by atoms with Gasteiger partial charge in [0.05, 0.1) is 12.6 Å². The van der Waals surface area contributed by atoms with E-state index in [-0.39, 0.29) is 24.5 Å². The van der Waals surface area contributed by atoms with Gasteiger partial charge in [-0.3, -0.25) is 14.9 Å². The van der Waals surface area contributed by atoms with E-state index in [1.54, 1.807) is 18.7 Å². The van der Waals surface area contributed by atoms with Crippen LogP contribution in [0, 0.1) is 5.92 Å². The Labute approximate surface area is 155 Å². The van der Waals surface area contributed by atoms with Crippen molar-refractivity contribution in [3.63, 3.8) is 0 Å². The summed E-state index contributed by atoms with van der Waals surface area (Å²) in [6.07, 6.45) is 5.93. The fourth-order valence-corrected chi connectivity index (χ4v) is 4.39. The zero-order valence-corrected chi connectivity index (χ0v) is 16.1. The van der Waals surface area contributed by atoms with E-state index in [1.807, 2.05) is 6.92 Å². The number of esters is 1. The number of fused-ring (bicyclic) bond motifs is 1. The van der Waals surface area contributed by atoms with Crippen LogP contribution in [0.3, 0.4) is 0 Å². The third-order valence-corrected chi connectivity index (χ3v) is 5.60. The van der Waals surface area contributed by atoms with Gasteiger partial charge in [0, 0.05) is 6.04 Å². The number of nitrogens with zero attached hydrogens (tertiary/aromatic N) is 1. The average Bonchev–Trinajstić information content (AvgIpc) is 3.00. The molecule has 1 saturated heterocycles. The van der Waals surface area contributed by atoms with Gasteiger partial charge in [-0.05, 0) is 45.4 Å². The Balaban J connectivity index is 2.15. The summed E-state index contributed by atoms with van der Waals surface area (Å²) in [7, 11) is 0. The summed E-state index contributed by atoms with van der Waals surface area (Å²) in [5, 5.41) is 12.3. The first-order chi connectivity index (χ1) is 12.4. The van der Waals surface area contributed by atoms with Gasteiger partial charge in [-0.15, -0.1) is 0 Å². The summed E-state index contributed by atoms with van der Waals surface area (Å²) in [6.45, 7) is 5.65. The van der Waals surface area contributed by atoms with E-state index in [0.717, 1.165) is 25.7 Å². The predicted octanol–water partition coefficient (Wildman–Crippen LogP) is 1.94. The number of rotatable bonds is 8. The number of nitrogens with one attached hydrogen (secondary N) is 1. The molecule has 5 atom stereocenters. The van der Waals surface area contributed by atoms with Gasteiger partial charge in [0.1, 0.15) is 12.1 Å². The van der Waals surface area contributed by atoms with Crippen molar-refractivity contribution in [3.05, 3.63) is 0 Å². The van der Waals surface area contributed by atoms with Crippen LogP contribution in [0.5, 0.6) is 0 Å². The normalized spacial score (nSPS) is 27.5. The molecule has 1 saturated carbocycles. The predicted molar refractivity (Wildman–Crippen MR) is 96.6 cm³/mol. The molecule has 0 aromatic heterocycles. The first-order valence-corrected chi connectivity index (χ1v) is 9.88. The van der Waals surface area contributed by atoms with Crippen LogP contribution >= 0.6 is 0 Å². The smallest absolute Gasteiger partial charge is 0.328 e. The van der Waals surface area contributed by atoms with Gasteiger partial charge in [-0.25, -0.2) is 4.79 Å². The molecule has 1 heterocycles. The quantitative estimate of drug-likeness (QED) is 0.636. The summed E-state index contributed by atoms with van der Waals surface area (Å²) >= 11 is 0. The van der Waals surface area contributed by atoms with Crippen molar-refractivity contribution in [2.45, 2.75) is 89.9 Å². The van der Waals surface area contributed by atoms with Crippen LogP contribution < -0.4 is 5.32 Å². The number of aliphatic carboxylic acids is 1. The molecule has 7 nitrogen and oxygen atoms in total. The molecule has 5 unspecified atom stereocenters. The van der Waals surface area contributed by atoms with Gasteiger partial charge in [0.2, 0.25) is 5.91 Å². The minimum absolute atomic E-state index is 0.0596. The number of ether oxygens (including phenoxy) is 1. The molecular formula is C19H32N2O5. The highest BCUT2D eigenvalue weighted by Crippen LogP contribution is 2.40. The summed E-state index contributed by atoms with van der Waals surface area (Å²) in [6, 6.07) is -1.90. The molecule has 2 fully saturated rings. The molecule has 0 bridgehead atoms. The van der Waals surface area contributed by atoms with Crippen LogP contribution in [0.2, 0.25) is 0 Å². The van der Waals surface area contributed by atoms with Crippen LogP contribution in [-0.4, -0.2) is 58.6 Å². The molecule has 2 N–H and O–H groups in total. The Morgan fingerprint density at radius 3 is 2.54 bits per heavy atom. The molecular weight excluding hydrogens is 336 g/mol. The van der Waals surface area contributed by atoms with Crippen molar-refractivity contribution in [2.24, 2.45) is 5.92 Å². The van der Waals surface area contributed by atoms with E-state index < -0.39 is 24.1 Å². The van der Waals surface area contributed by atoms with Crippen molar-refractivity contribution >= 4 is 17.8 Å². The molecule has 148 valence electrons. The van der Waals surface area contributed by atoms with Crippen molar-refractivity contribution in [2.75, 3.05) is 6.61 Å². The molecule has 1 aliphatic heterocycles. The number of carbonyl (C=O) groups is 3. The lowest BCUT2D eigenvalue weighted by Crippen LogP contribution is -2.55. The van der Waals surface area contributed by atoms with E-state index in [4.69, 9.17) is 4.74 Å². The van der Waals surface area contributed by atoms with E-state index in [9.17, 15) is 19.5 Å². The molecule has 26 heavy (non-hydrogen) atoms. The van der Waals surface area contributed by atoms with Gasteiger partial charge in [0.15, 0.2) is 0 Å². The number of carbonyl (C=O) groups excluding carboxylic acids is 2. The van der Waals surface area contributed by atoms with E-state index in [0.29, 0.717) is 25.2 Å². The topological polar surface area (TPSA) is 95.9 Å². The van der Waals surface area contributed by atoms with Crippen LogP contribution in [0.25, 0.3) is 0 Å². The monoisotopic (exact) mass is 368 g/mol. The minimum atomic E-state index is -0.953. The molecule has 1 aliphatic carbocycles. The van der Waals surface area contributed by atoms with E-state index in [1.165, 1.54) is 0 Å². The van der Waals surface area contributed by atoms with Crippen molar-refractivity contribution in [1.82, 2.24) is 10.2 Å². The van der Waals surface area contributed by atoms with Crippen LogP contribution in [0.1, 0.15) is 65.7 Å². The second-order valence-electron chi connectivity index (χ2n) is 7.43. The second-order valence-corrected chi connectivity index (χ2v) is 7.43. The maximum Gasteiger partial charge on any atom is 0.328 e. The van der Waals surface area contributed by atoms with E-state index in [2.05, 4.69) is 5.32 Å². The lowest BCUT2D eigenvalue weighted by Gasteiger charge is -2.35.